The van der Waals surface area contributed by atoms with Crippen LogP contribution in [-0.4, -0.2) is 53.8 Å². The van der Waals surface area contributed by atoms with E-state index in [0.29, 0.717) is 5.92 Å². The van der Waals surface area contributed by atoms with Gasteiger partial charge in [0.1, 0.15) is 5.75 Å². The number of fused-ring (bicyclic) bond motifs is 1. The van der Waals surface area contributed by atoms with E-state index in [9.17, 15) is 0 Å². The Labute approximate surface area is 187 Å². The third-order valence-electron chi connectivity index (χ3n) is 6.31. The molecular formula is C24H31NO5S. The molecule has 4 rings (SSSR count). The second kappa shape index (κ2) is 11.3. The molecular weight excluding hydrogens is 414 g/mol. The normalized spacial score (nSPS) is 19.1. The number of methoxy groups -OCH3 is 1. The van der Waals surface area contributed by atoms with Gasteiger partial charge in [0.05, 0.1) is 7.11 Å². The van der Waals surface area contributed by atoms with Crippen LogP contribution in [0, 0.1) is 0 Å². The molecule has 1 aromatic carbocycles. The maximum absolute atomic E-state index is 9.10. The van der Waals surface area contributed by atoms with Gasteiger partial charge in [-0.2, -0.15) is 0 Å². The average Bonchev–Trinajstić information content (AvgIpc) is 3.28. The lowest BCUT2D eigenvalue weighted by atomic mass is 9.85. The minimum atomic E-state index is -1.82. The summed E-state index contributed by atoms with van der Waals surface area (Å²) in [7, 11) is 1.76. The fourth-order valence-corrected chi connectivity index (χ4v) is 5.62. The molecule has 168 valence electrons. The minimum absolute atomic E-state index is 0.699. The summed E-state index contributed by atoms with van der Waals surface area (Å²) in [6, 6.07) is 11.0. The SMILES string of the molecule is COc1cccc(C2CCN(CCC3CCCc4sccc43)CC2)c1.O=C(O)C(=O)O. The summed E-state index contributed by atoms with van der Waals surface area (Å²) in [5, 5.41) is 17.1. The molecule has 2 aliphatic rings. The van der Waals surface area contributed by atoms with Gasteiger partial charge in [0, 0.05) is 4.88 Å². The van der Waals surface area contributed by atoms with Crippen LogP contribution in [0.15, 0.2) is 35.7 Å². The molecule has 1 aliphatic carbocycles. The first-order valence-corrected chi connectivity index (χ1v) is 11.7. The maximum atomic E-state index is 9.10. The highest BCUT2D eigenvalue weighted by Gasteiger charge is 2.24. The van der Waals surface area contributed by atoms with E-state index in [-0.39, 0.29) is 0 Å². The molecule has 2 heterocycles. The number of aliphatic carboxylic acids is 2. The number of thiophene rings is 1. The van der Waals surface area contributed by atoms with Crippen molar-refractivity contribution in [1.82, 2.24) is 4.90 Å². The predicted molar refractivity (Wildman–Crippen MR) is 121 cm³/mol. The van der Waals surface area contributed by atoms with E-state index in [1.807, 2.05) is 17.4 Å². The van der Waals surface area contributed by atoms with Crippen LogP contribution < -0.4 is 4.74 Å². The highest BCUT2D eigenvalue weighted by atomic mass is 32.1. The molecule has 1 fully saturated rings. The Hall–Kier alpha value is -2.38. The Balaban J connectivity index is 0.000000401. The summed E-state index contributed by atoms with van der Waals surface area (Å²) in [4.78, 5) is 22.6. The quantitative estimate of drug-likeness (QED) is 0.654. The molecule has 1 unspecified atom stereocenters. The fraction of sp³-hybridized carbons (Fsp3) is 0.500. The number of nitrogens with zero attached hydrogens (tertiary/aromatic N) is 1. The predicted octanol–water partition coefficient (Wildman–Crippen LogP) is 4.60. The average molecular weight is 446 g/mol. The number of likely N-dealkylation sites (tertiary alicyclic amines) is 1. The zero-order valence-corrected chi connectivity index (χ0v) is 18.8. The topological polar surface area (TPSA) is 87.1 Å². The second-order valence-corrected chi connectivity index (χ2v) is 9.18. The zero-order valence-electron chi connectivity index (χ0n) is 18.0. The fourth-order valence-electron chi connectivity index (χ4n) is 4.61. The van der Waals surface area contributed by atoms with Gasteiger partial charge < -0.3 is 19.8 Å². The summed E-state index contributed by atoms with van der Waals surface area (Å²) in [5.74, 6) is -1.15. The van der Waals surface area contributed by atoms with E-state index in [1.54, 1.807) is 17.6 Å². The molecule has 0 spiro atoms. The Morgan fingerprint density at radius 1 is 1.13 bits per heavy atom. The molecule has 1 aromatic heterocycles. The van der Waals surface area contributed by atoms with Gasteiger partial charge in [-0.15, -0.1) is 11.3 Å². The van der Waals surface area contributed by atoms with Gasteiger partial charge in [-0.3, -0.25) is 0 Å². The van der Waals surface area contributed by atoms with Crippen LogP contribution in [0.4, 0.5) is 0 Å². The number of carboxylic acids is 2. The van der Waals surface area contributed by atoms with Gasteiger partial charge in [0.2, 0.25) is 0 Å². The van der Waals surface area contributed by atoms with Gasteiger partial charge in [-0.05, 0) is 105 Å². The lowest BCUT2D eigenvalue weighted by Gasteiger charge is -2.33. The highest BCUT2D eigenvalue weighted by Crippen LogP contribution is 2.37. The Morgan fingerprint density at radius 2 is 1.87 bits per heavy atom. The molecule has 7 heteroatoms. The van der Waals surface area contributed by atoms with Crippen LogP contribution in [0.5, 0.6) is 5.75 Å². The van der Waals surface area contributed by atoms with Crippen LogP contribution in [0.2, 0.25) is 0 Å². The Morgan fingerprint density at radius 3 is 2.55 bits per heavy atom. The third kappa shape index (κ3) is 6.55. The minimum Gasteiger partial charge on any atom is -0.497 e. The summed E-state index contributed by atoms with van der Waals surface area (Å²) in [6.45, 7) is 3.75. The van der Waals surface area contributed by atoms with Gasteiger partial charge in [-0.1, -0.05) is 12.1 Å². The maximum Gasteiger partial charge on any atom is 0.414 e. The van der Waals surface area contributed by atoms with Gasteiger partial charge in [0.25, 0.3) is 0 Å². The number of ether oxygens (including phenoxy) is 1. The van der Waals surface area contributed by atoms with Gasteiger partial charge in [-0.25, -0.2) is 9.59 Å². The summed E-state index contributed by atoms with van der Waals surface area (Å²) in [5.41, 5.74) is 3.12. The van der Waals surface area contributed by atoms with E-state index in [1.165, 1.54) is 63.7 Å². The molecule has 2 aromatic rings. The number of carboxylic acid groups (broad SMARTS) is 2. The first-order valence-electron chi connectivity index (χ1n) is 10.9. The molecule has 1 saturated heterocycles. The Bertz CT molecular complexity index is 860. The molecule has 1 atom stereocenters. The van der Waals surface area contributed by atoms with Crippen molar-refractivity contribution < 1.29 is 24.5 Å². The smallest absolute Gasteiger partial charge is 0.414 e. The monoisotopic (exact) mass is 445 g/mol. The van der Waals surface area contributed by atoms with E-state index in [4.69, 9.17) is 24.5 Å². The first kappa shape index (κ1) is 23.3. The van der Waals surface area contributed by atoms with Gasteiger partial charge in [0.15, 0.2) is 0 Å². The van der Waals surface area contributed by atoms with Crippen LogP contribution >= 0.6 is 11.3 Å². The van der Waals surface area contributed by atoms with Crippen molar-refractivity contribution in [2.45, 2.75) is 50.4 Å². The number of benzene rings is 1. The van der Waals surface area contributed by atoms with Crippen molar-refractivity contribution in [2.75, 3.05) is 26.7 Å². The standard InChI is InChI=1S/C22H29NOS.C2H2O4/c1-24-20-6-2-5-19(16-20)17-8-12-23(13-9-17)14-10-18-4-3-7-22-21(18)11-15-25-22;3-1(4)2(5)6/h2,5-6,11,15-18H,3-4,7-10,12-14H2,1H3;(H,3,4)(H,5,6). The molecule has 31 heavy (non-hydrogen) atoms. The lowest BCUT2D eigenvalue weighted by molar-refractivity contribution is -0.159. The van der Waals surface area contributed by atoms with Gasteiger partial charge >= 0.3 is 11.9 Å². The van der Waals surface area contributed by atoms with Crippen LogP contribution in [0.1, 0.15) is 59.9 Å². The van der Waals surface area contributed by atoms with Crippen molar-refractivity contribution in [3.05, 3.63) is 51.7 Å². The van der Waals surface area contributed by atoms with E-state index < -0.39 is 11.9 Å². The molecule has 0 bridgehead atoms. The van der Waals surface area contributed by atoms with Crippen LogP contribution in [0.25, 0.3) is 0 Å². The largest absolute Gasteiger partial charge is 0.497 e. The molecule has 6 nitrogen and oxygen atoms in total. The van der Waals surface area contributed by atoms with Crippen molar-refractivity contribution in [3.8, 4) is 5.75 Å². The van der Waals surface area contributed by atoms with Crippen molar-refractivity contribution in [3.63, 3.8) is 0 Å². The highest BCUT2D eigenvalue weighted by molar-refractivity contribution is 7.10. The third-order valence-corrected chi connectivity index (χ3v) is 7.30. The first-order chi connectivity index (χ1) is 15.0. The molecule has 0 saturated carbocycles. The number of carbonyl (C=O) groups is 2. The summed E-state index contributed by atoms with van der Waals surface area (Å²) in [6.07, 6.45) is 7.99. The van der Waals surface area contributed by atoms with Crippen LogP contribution in [0.3, 0.4) is 0 Å². The van der Waals surface area contributed by atoms with Crippen molar-refractivity contribution in [1.29, 1.82) is 0 Å². The number of rotatable bonds is 5. The van der Waals surface area contributed by atoms with E-state index in [0.717, 1.165) is 11.7 Å². The van der Waals surface area contributed by atoms with E-state index >= 15 is 0 Å². The number of aryl methyl sites for hydroxylation is 1. The molecule has 2 N–H and O–H groups in total. The zero-order chi connectivity index (χ0) is 22.2. The number of hydrogen-bond acceptors (Lipinski definition) is 5. The molecule has 0 amide bonds. The Kier molecular flexibility index (Phi) is 8.49. The van der Waals surface area contributed by atoms with Crippen molar-refractivity contribution in [2.24, 2.45) is 0 Å². The number of hydrogen-bond donors (Lipinski definition) is 2. The lowest BCUT2D eigenvalue weighted by Crippen LogP contribution is -2.34. The van der Waals surface area contributed by atoms with E-state index in [2.05, 4.69) is 34.5 Å². The second-order valence-electron chi connectivity index (χ2n) is 8.18. The number of piperidine rings is 1. The summed E-state index contributed by atoms with van der Waals surface area (Å²) >= 11 is 1.97. The summed E-state index contributed by atoms with van der Waals surface area (Å²) < 4.78 is 5.38. The molecule has 1 aliphatic heterocycles. The van der Waals surface area contributed by atoms with Crippen LogP contribution in [-0.2, 0) is 16.0 Å². The molecule has 0 radical (unpaired) electrons. The van der Waals surface area contributed by atoms with Crippen molar-refractivity contribution >= 4 is 23.3 Å².